The van der Waals surface area contributed by atoms with Crippen LogP contribution in [-0.2, 0) is 6.54 Å². The van der Waals surface area contributed by atoms with Crippen molar-refractivity contribution in [2.24, 2.45) is 0 Å². The molecule has 0 aromatic heterocycles. The van der Waals surface area contributed by atoms with Crippen molar-refractivity contribution in [2.75, 3.05) is 6.61 Å². The van der Waals surface area contributed by atoms with Crippen molar-refractivity contribution in [1.82, 2.24) is 5.32 Å². The summed E-state index contributed by atoms with van der Waals surface area (Å²) >= 11 is 0. The predicted molar refractivity (Wildman–Crippen MR) is 63.6 cm³/mol. The molecule has 0 heterocycles. The third-order valence-corrected chi connectivity index (χ3v) is 3.51. The van der Waals surface area contributed by atoms with Crippen LogP contribution in [0.4, 0.5) is 10.1 Å². The maximum atomic E-state index is 13.1. The van der Waals surface area contributed by atoms with Gasteiger partial charge in [-0.25, -0.2) is 4.39 Å². The molecule has 0 spiro atoms. The quantitative estimate of drug-likeness (QED) is 0.620. The Morgan fingerprint density at radius 3 is 2.72 bits per heavy atom. The first-order valence-corrected chi connectivity index (χ1v) is 5.85. The number of nitro benzene ring substituents is 1. The number of nitro groups is 1. The summed E-state index contributed by atoms with van der Waals surface area (Å²) in [5.41, 5.74) is -0.142. The molecule has 0 saturated heterocycles. The van der Waals surface area contributed by atoms with Gasteiger partial charge in [0.1, 0.15) is 5.82 Å². The standard InChI is InChI=1S/C12H15FN2O3/c13-10-2-3-11(15(17)18)9(6-10)7-14-12(8-16)4-1-5-12/h2-3,6,14,16H,1,4-5,7-8H2. The average molecular weight is 254 g/mol. The molecule has 1 aliphatic carbocycles. The number of aliphatic hydroxyl groups is 1. The van der Waals surface area contributed by atoms with E-state index in [0.29, 0.717) is 5.56 Å². The Morgan fingerprint density at radius 2 is 2.22 bits per heavy atom. The number of nitrogens with zero attached hydrogens (tertiary/aromatic N) is 1. The van der Waals surface area contributed by atoms with E-state index in [1.807, 2.05) is 0 Å². The van der Waals surface area contributed by atoms with Crippen molar-refractivity contribution in [2.45, 2.75) is 31.3 Å². The van der Waals surface area contributed by atoms with E-state index in [-0.39, 0.29) is 24.4 Å². The summed E-state index contributed by atoms with van der Waals surface area (Å²) in [7, 11) is 0. The van der Waals surface area contributed by atoms with Crippen LogP contribution in [0.15, 0.2) is 18.2 Å². The van der Waals surface area contributed by atoms with E-state index in [2.05, 4.69) is 5.32 Å². The Hall–Kier alpha value is -1.53. The molecule has 1 saturated carbocycles. The molecule has 6 heteroatoms. The summed E-state index contributed by atoms with van der Waals surface area (Å²) < 4.78 is 13.1. The number of benzene rings is 1. The second-order valence-corrected chi connectivity index (χ2v) is 4.68. The normalized spacial score (nSPS) is 17.2. The summed E-state index contributed by atoms with van der Waals surface area (Å²) in [6, 6.07) is 3.40. The van der Waals surface area contributed by atoms with E-state index in [9.17, 15) is 19.6 Å². The fourth-order valence-corrected chi connectivity index (χ4v) is 2.15. The molecule has 1 aliphatic rings. The molecule has 1 aromatic carbocycles. The Labute approximate surface area is 104 Å². The maximum absolute atomic E-state index is 13.1. The highest BCUT2D eigenvalue weighted by Crippen LogP contribution is 2.32. The topological polar surface area (TPSA) is 75.4 Å². The zero-order valence-corrected chi connectivity index (χ0v) is 9.86. The van der Waals surface area contributed by atoms with Crippen LogP contribution in [0, 0.1) is 15.9 Å². The van der Waals surface area contributed by atoms with E-state index in [1.165, 1.54) is 6.07 Å². The molecule has 0 bridgehead atoms. The van der Waals surface area contributed by atoms with Gasteiger partial charge in [0.2, 0.25) is 0 Å². The lowest BCUT2D eigenvalue weighted by Crippen LogP contribution is -2.53. The molecule has 5 nitrogen and oxygen atoms in total. The maximum Gasteiger partial charge on any atom is 0.274 e. The van der Waals surface area contributed by atoms with Gasteiger partial charge in [-0.3, -0.25) is 10.1 Å². The molecule has 18 heavy (non-hydrogen) atoms. The van der Waals surface area contributed by atoms with Crippen LogP contribution in [-0.4, -0.2) is 22.2 Å². The number of halogens is 1. The summed E-state index contributed by atoms with van der Waals surface area (Å²) in [5.74, 6) is -0.496. The lowest BCUT2D eigenvalue weighted by Gasteiger charge is -2.41. The number of rotatable bonds is 5. The van der Waals surface area contributed by atoms with Crippen LogP contribution in [0.25, 0.3) is 0 Å². The SMILES string of the molecule is O=[N+]([O-])c1ccc(F)cc1CNC1(CO)CCC1. The first kappa shape index (κ1) is 12.9. The number of nitrogens with one attached hydrogen (secondary N) is 1. The van der Waals surface area contributed by atoms with Crippen LogP contribution >= 0.6 is 0 Å². The molecule has 1 fully saturated rings. The first-order chi connectivity index (χ1) is 8.56. The smallest absolute Gasteiger partial charge is 0.274 e. The fraction of sp³-hybridized carbons (Fsp3) is 0.500. The highest BCUT2D eigenvalue weighted by Gasteiger charge is 2.36. The van der Waals surface area contributed by atoms with Crippen LogP contribution in [0.1, 0.15) is 24.8 Å². The van der Waals surface area contributed by atoms with Gasteiger partial charge in [-0.1, -0.05) is 0 Å². The number of hydrogen-bond acceptors (Lipinski definition) is 4. The molecule has 0 atom stereocenters. The van der Waals surface area contributed by atoms with E-state index in [0.717, 1.165) is 31.4 Å². The van der Waals surface area contributed by atoms with Crippen molar-refractivity contribution in [3.8, 4) is 0 Å². The Kier molecular flexibility index (Phi) is 3.58. The Balaban J connectivity index is 2.12. The van der Waals surface area contributed by atoms with Gasteiger partial charge in [0.05, 0.1) is 11.5 Å². The van der Waals surface area contributed by atoms with Crippen LogP contribution < -0.4 is 5.32 Å². The summed E-state index contributed by atoms with van der Waals surface area (Å²) in [6.45, 7) is 0.185. The van der Waals surface area contributed by atoms with E-state index in [1.54, 1.807) is 0 Å². The lowest BCUT2D eigenvalue weighted by molar-refractivity contribution is -0.385. The summed E-state index contributed by atoms with van der Waals surface area (Å²) in [5, 5.41) is 23.2. The van der Waals surface area contributed by atoms with Gasteiger partial charge in [0, 0.05) is 23.7 Å². The molecule has 0 amide bonds. The molecule has 1 aromatic rings. The highest BCUT2D eigenvalue weighted by atomic mass is 19.1. The minimum absolute atomic E-state index is 0.00386. The van der Waals surface area contributed by atoms with E-state index in [4.69, 9.17) is 0 Å². The second kappa shape index (κ2) is 4.99. The van der Waals surface area contributed by atoms with Gasteiger partial charge < -0.3 is 10.4 Å². The lowest BCUT2D eigenvalue weighted by atomic mass is 9.77. The zero-order valence-electron chi connectivity index (χ0n) is 9.86. The van der Waals surface area contributed by atoms with Crippen molar-refractivity contribution in [3.63, 3.8) is 0 Å². The molecule has 0 aliphatic heterocycles. The largest absolute Gasteiger partial charge is 0.394 e. The summed E-state index contributed by atoms with van der Waals surface area (Å²) in [4.78, 5) is 10.3. The Morgan fingerprint density at radius 1 is 1.50 bits per heavy atom. The van der Waals surface area contributed by atoms with Crippen molar-refractivity contribution >= 4 is 5.69 Å². The number of hydrogen-bond donors (Lipinski definition) is 2. The fourth-order valence-electron chi connectivity index (χ4n) is 2.15. The van der Waals surface area contributed by atoms with Gasteiger partial charge in [-0.2, -0.15) is 0 Å². The molecular weight excluding hydrogens is 239 g/mol. The minimum atomic E-state index is -0.525. The van der Waals surface area contributed by atoms with E-state index >= 15 is 0 Å². The predicted octanol–water partition coefficient (Wildman–Crippen LogP) is 1.74. The van der Waals surface area contributed by atoms with E-state index < -0.39 is 10.7 Å². The van der Waals surface area contributed by atoms with Gasteiger partial charge in [-0.15, -0.1) is 0 Å². The van der Waals surface area contributed by atoms with Gasteiger partial charge >= 0.3 is 0 Å². The second-order valence-electron chi connectivity index (χ2n) is 4.68. The van der Waals surface area contributed by atoms with Crippen LogP contribution in [0.2, 0.25) is 0 Å². The van der Waals surface area contributed by atoms with Crippen molar-refractivity contribution in [3.05, 3.63) is 39.7 Å². The number of aliphatic hydroxyl groups excluding tert-OH is 1. The van der Waals surface area contributed by atoms with Gasteiger partial charge in [-0.05, 0) is 31.4 Å². The van der Waals surface area contributed by atoms with Crippen LogP contribution in [0.3, 0.4) is 0 Å². The molecule has 98 valence electrons. The average Bonchev–Trinajstić information content (AvgIpc) is 2.28. The third-order valence-electron chi connectivity index (χ3n) is 3.51. The zero-order chi connectivity index (χ0) is 13.2. The summed E-state index contributed by atoms with van der Waals surface area (Å²) in [6.07, 6.45) is 2.71. The van der Waals surface area contributed by atoms with Gasteiger partial charge in [0.15, 0.2) is 0 Å². The van der Waals surface area contributed by atoms with Crippen molar-refractivity contribution in [1.29, 1.82) is 0 Å². The third kappa shape index (κ3) is 2.49. The molecule has 0 unspecified atom stereocenters. The highest BCUT2D eigenvalue weighted by molar-refractivity contribution is 5.40. The monoisotopic (exact) mass is 254 g/mol. The molecule has 0 radical (unpaired) electrons. The molecule has 2 N–H and O–H groups in total. The Bertz CT molecular complexity index is 455. The minimum Gasteiger partial charge on any atom is -0.394 e. The molecule has 2 rings (SSSR count). The van der Waals surface area contributed by atoms with Crippen molar-refractivity contribution < 1.29 is 14.4 Å². The van der Waals surface area contributed by atoms with Crippen LogP contribution in [0.5, 0.6) is 0 Å². The van der Waals surface area contributed by atoms with Gasteiger partial charge in [0.25, 0.3) is 5.69 Å². The molecular formula is C12H15FN2O3. The first-order valence-electron chi connectivity index (χ1n) is 5.85.